The summed E-state index contributed by atoms with van der Waals surface area (Å²) in [6.07, 6.45) is 12.4. The lowest BCUT2D eigenvalue weighted by molar-refractivity contribution is -0.144. The highest BCUT2D eigenvalue weighted by Crippen LogP contribution is 2.05. The molecule has 0 aromatic rings. The Labute approximate surface area is 140 Å². The lowest BCUT2D eigenvalue weighted by Crippen LogP contribution is -2.14. The van der Waals surface area contributed by atoms with Crippen LogP contribution in [0.1, 0.15) is 72.6 Å². The number of allylic oxidation sites excluding steroid dienone is 2. The molecule has 0 heterocycles. The van der Waals surface area contributed by atoms with Crippen molar-refractivity contribution in [1.82, 2.24) is 0 Å². The second-order valence-electron chi connectivity index (χ2n) is 5.49. The third-order valence-electron chi connectivity index (χ3n) is 3.64. The average Bonchev–Trinajstić information content (AvgIpc) is 2.56. The maximum absolute atomic E-state index is 11.5. The topological polar surface area (TPSA) is 52.6 Å². The van der Waals surface area contributed by atoms with Crippen molar-refractivity contribution < 1.29 is 19.1 Å². The molecule has 0 atom stereocenters. The highest BCUT2D eigenvalue weighted by Gasteiger charge is 2.07. The fourth-order valence-electron chi connectivity index (χ4n) is 2.03. The van der Waals surface area contributed by atoms with Gasteiger partial charge >= 0.3 is 11.9 Å². The molecule has 4 heteroatoms. The van der Waals surface area contributed by atoms with Crippen molar-refractivity contribution in [2.45, 2.75) is 84.8 Å². The van der Waals surface area contributed by atoms with Gasteiger partial charge in [0.1, 0.15) is 12.2 Å². The molecule has 0 aromatic heterocycles. The van der Waals surface area contributed by atoms with E-state index in [0.717, 1.165) is 44.9 Å². The van der Waals surface area contributed by atoms with E-state index in [0.29, 0.717) is 0 Å². The van der Waals surface area contributed by atoms with Crippen molar-refractivity contribution in [3.63, 3.8) is 0 Å². The van der Waals surface area contributed by atoms with Crippen LogP contribution in [0.25, 0.3) is 0 Å². The van der Waals surface area contributed by atoms with E-state index in [4.69, 9.17) is 9.47 Å². The van der Waals surface area contributed by atoms with Gasteiger partial charge in [-0.3, -0.25) is 0 Å². The SMILES string of the molecule is CCC(CC)OC(=O)/C=C/CCC/C=C/C(=O)OC(CC)CC. The van der Waals surface area contributed by atoms with Gasteiger partial charge in [0.25, 0.3) is 0 Å². The molecule has 0 aromatic carbocycles. The minimum atomic E-state index is -0.275. The molecule has 0 aliphatic carbocycles. The zero-order valence-electron chi connectivity index (χ0n) is 15.0. The quantitative estimate of drug-likeness (QED) is 0.296. The molecule has 0 aliphatic heterocycles. The Hall–Kier alpha value is -1.58. The van der Waals surface area contributed by atoms with E-state index >= 15 is 0 Å². The van der Waals surface area contributed by atoms with Crippen LogP contribution in [0.15, 0.2) is 24.3 Å². The summed E-state index contributed by atoms with van der Waals surface area (Å²) in [7, 11) is 0. The number of esters is 2. The molecule has 0 spiro atoms. The number of ether oxygens (including phenoxy) is 2. The van der Waals surface area contributed by atoms with Crippen LogP contribution in [0.5, 0.6) is 0 Å². The molecule has 0 rings (SSSR count). The lowest BCUT2D eigenvalue weighted by atomic mass is 10.2. The molecule has 0 fully saturated rings. The molecule has 132 valence electrons. The van der Waals surface area contributed by atoms with Gasteiger partial charge < -0.3 is 9.47 Å². The van der Waals surface area contributed by atoms with Gasteiger partial charge in [0.15, 0.2) is 0 Å². The first-order chi connectivity index (χ1) is 11.1. The Bertz CT molecular complexity index is 341. The molecule has 0 unspecified atom stereocenters. The molecule has 0 radical (unpaired) electrons. The first kappa shape index (κ1) is 21.4. The highest BCUT2D eigenvalue weighted by molar-refractivity contribution is 5.82. The normalized spacial score (nSPS) is 11.7. The van der Waals surface area contributed by atoms with E-state index in [1.54, 1.807) is 0 Å². The molecule has 0 saturated carbocycles. The van der Waals surface area contributed by atoms with E-state index in [2.05, 4.69) is 0 Å². The Kier molecular flexibility index (Phi) is 13.1. The minimum absolute atomic E-state index is 0.0103. The number of carbonyl (C=O) groups excluding carboxylic acids is 2. The summed E-state index contributed by atoms with van der Waals surface area (Å²) in [5.41, 5.74) is 0. The summed E-state index contributed by atoms with van der Waals surface area (Å²) >= 11 is 0. The molecular weight excluding hydrogens is 292 g/mol. The smallest absolute Gasteiger partial charge is 0.330 e. The molecule has 23 heavy (non-hydrogen) atoms. The van der Waals surface area contributed by atoms with E-state index in [-0.39, 0.29) is 24.1 Å². The van der Waals surface area contributed by atoms with Crippen molar-refractivity contribution in [1.29, 1.82) is 0 Å². The first-order valence-corrected chi connectivity index (χ1v) is 8.81. The summed E-state index contributed by atoms with van der Waals surface area (Å²) in [5.74, 6) is -0.550. The van der Waals surface area contributed by atoms with Crippen LogP contribution in [-0.4, -0.2) is 24.1 Å². The van der Waals surface area contributed by atoms with Gasteiger partial charge in [-0.15, -0.1) is 0 Å². The van der Waals surface area contributed by atoms with Crippen LogP contribution >= 0.6 is 0 Å². The zero-order valence-corrected chi connectivity index (χ0v) is 15.0. The van der Waals surface area contributed by atoms with E-state index in [1.165, 1.54) is 12.2 Å². The second kappa shape index (κ2) is 14.0. The zero-order chi connectivity index (χ0) is 17.5. The Morgan fingerprint density at radius 1 is 0.739 bits per heavy atom. The molecule has 0 amide bonds. The van der Waals surface area contributed by atoms with Gasteiger partial charge in [-0.05, 0) is 44.9 Å². The van der Waals surface area contributed by atoms with Crippen molar-refractivity contribution in [3.05, 3.63) is 24.3 Å². The third-order valence-corrected chi connectivity index (χ3v) is 3.64. The largest absolute Gasteiger partial charge is 0.459 e. The van der Waals surface area contributed by atoms with Crippen molar-refractivity contribution in [2.24, 2.45) is 0 Å². The molecule has 0 saturated heterocycles. The number of hydrogen-bond acceptors (Lipinski definition) is 4. The Morgan fingerprint density at radius 2 is 1.09 bits per heavy atom. The molecule has 0 N–H and O–H groups in total. The number of rotatable bonds is 12. The molecule has 0 bridgehead atoms. The fourth-order valence-corrected chi connectivity index (χ4v) is 2.03. The van der Waals surface area contributed by atoms with Gasteiger partial charge in [-0.25, -0.2) is 9.59 Å². The summed E-state index contributed by atoms with van der Waals surface area (Å²) in [5, 5.41) is 0. The van der Waals surface area contributed by atoms with Crippen LogP contribution in [0.2, 0.25) is 0 Å². The Morgan fingerprint density at radius 3 is 1.39 bits per heavy atom. The fraction of sp³-hybridized carbons (Fsp3) is 0.684. The van der Waals surface area contributed by atoms with Crippen molar-refractivity contribution in [3.8, 4) is 0 Å². The summed E-state index contributed by atoms with van der Waals surface area (Å²) in [6.45, 7) is 8.02. The van der Waals surface area contributed by atoms with Crippen molar-refractivity contribution in [2.75, 3.05) is 0 Å². The van der Waals surface area contributed by atoms with E-state index in [1.807, 2.05) is 39.8 Å². The number of carbonyl (C=O) groups is 2. The van der Waals surface area contributed by atoms with Crippen LogP contribution in [0.4, 0.5) is 0 Å². The number of unbranched alkanes of at least 4 members (excludes halogenated alkanes) is 2. The van der Waals surface area contributed by atoms with Crippen LogP contribution in [-0.2, 0) is 19.1 Å². The van der Waals surface area contributed by atoms with Crippen molar-refractivity contribution >= 4 is 11.9 Å². The summed E-state index contributed by atoms with van der Waals surface area (Å²) in [6, 6.07) is 0. The molecular formula is C19H32O4. The average molecular weight is 324 g/mol. The summed E-state index contributed by atoms with van der Waals surface area (Å²) in [4.78, 5) is 23.0. The van der Waals surface area contributed by atoms with Crippen LogP contribution in [0, 0.1) is 0 Å². The van der Waals surface area contributed by atoms with Crippen LogP contribution < -0.4 is 0 Å². The van der Waals surface area contributed by atoms with E-state index < -0.39 is 0 Å². The van der Waals surface area contributed by atoms with Gasteiger partial charge in [0.05, 0.1) is 0 Å². The predicted molar refractivity (Wildman–Crippen MR) is 93.1 cm³/mol. The van der Waals surface area contributed by atoms with Crippen LogP contribution in [0.3, 0.4) is 0 Å². The minimum Gasteiger partial charge on any atom is -0.459 e. The molecule has 4 nitrogen and oxygen atoms in total. The third kappa shape index (κ3) is 11.6. The summed E-state index contributed by atoms with van der Waals surface area (Å²) < 4.78 is 10.5. The van der Waals surface area contributed by atoms with Gasteiger partial charge in [0.2, 0.25) is 0 Å². The molecule has 0 aliphatic rings. The lowest BCUT2D eigenvalue weighted by Gasteiger charge is -2.11. The van der Waals surface area contributed by atoms with E-state index in [9.17, 15) is 9.59 Å². The van der Waals surface area contributed by atoms with Gasteiger partial charge in [0, 0.05) is 12.2 Å². The standard InChI is InChI=1S/C19H32O4/c1-5-16(6-2)22-18(20)14-12-10-9-11-13-15-19(21)23-17(7-3)8-4/h12-17H,5-11H2,1-4H3/b14-12+,15-13+. The van der Waals surface area contributed by atoms with Gasteiger partial charge in [-0.2, -0.15) is 0 Å². The highest BCUT2D eigenvalue weighted by atomic mass is 16.5. The van der Waals surface area contributed by atoms with Gasteiger partial charge in [-0.1, -0.05) is 39.8 Å². The number of hydrogen-bond donors (Lipinski definition) is 0. The maximum Gasteiger partial charge on any atom is 0.330 e. The first-order valence-electron chi connectivity index (χ1n) is 8.81. The maximum atomic E-state index is 11.5. The monoisotopic (exact) mass is 324 g/mol. The predicted octanol–water partition coefficient (Wildman–Crippen LogP) is 4.73. The second-order valence-corrected chi connectivity index (χ2v) is 5.49. The Balaban J connectivity index is 3.83.